The van der Waals surface area contributed by atoms with Gasteiger partial charge in [0.1, 0.15) is 47.3 Å². The molecule has 3 N–H and O–H groups in total. The molecule has 1 heterocycles. The van der Waals surface area contributed by atoms with Crippen molar-refractivity contribution in [2.45, 2.75) is 77.5 Å². The van der Waals surface area contributed by atoms with Crippen molar-refractivity contribution in [3.63, 3.8) is 0 Å². The van der Waals surface area contributed by atoms with Crippen LogP contribution in [0.15, 0.2) is 121 Å². The number of hydrogen-bond acceptors (Lipinski definition) is 9. The third-order valence-corrected chi connectivity index (χ3v) is 9.23. The van der Waals surface area contributed by atoms with Crippen LogP contribution < -0.4 is 20.7 Å². The Labute approximate surface area is 325 Å². The minimum atomic E-state index is -1.11. The summed E-state index contributed by atoms with van der Waals surface area (Å²) in [6, 6.07) is 32.9. The smallest absolute Gasteiger partial charge is 0.408 e. The van der Waals surface area contributed by atoms with Gasteiger partial charge < -0.3 is 30.2 Å². The zero-order valence-electron chi connectivity index (χ0n) is 31.3. The van der Waals surface area contributed by atoms with E-state index in [1.54, 1.807) is 45.2 Å². The van der Waals surface area contributed by atoms with E-state index in [9.17, 15) is 19.2 Å². The summed E-state index contributed by atoms with van der Waals surface area (Å²) < 4.78 is 16.9. The molecule has 1 aromatic heterocycles. The van der Waals surface area contributed by atoms with Crippen LogP contribution in [0.4, 0.5) is 4.79 Å². The fourth-order valence-corrected chi connectivity index (χ4v) is 6.23. The number of amides is 3. The maximum atomic E-state index is 14.1. The molecule has 55 heavy (non-hydrogen) atoms. The van der Waals surface area contributed by atoms with Crippen molar-refractivity contribution in [1.29, 1.82) is 0 Å². The number of alkyl carbamates (subject to hydrolysis) is 1. The Hall–Kier alpha value is -6.01. The van der Waals surface area contributed by atoms with E-state index in [4.69, 9.17) is 14.2 Å². The summed E-state index contributed by atoms with van der Waals surface area (Å²) in [6.07, 6.45) is -0.338. The Morgan fingerprint density at radius 1 is 0.673 bits per heavy atom. The fraction of sp³-hybridized carbons (Fsp3) is 0.279. The average molecular weight is 763 g/mol. The summed E-state index contributed by atoms with van der Waals surface area (Å²) in [6.45, 7) is 7.46. The van der Waals surface area contributed by atoms with Crippen LogP contribution in [0.3, 0.4) is 0 Å². The molecule has 11 nitrogen and oxygen atoms in total. The second kappa shape index (κ2) is 19.4. The molecule has 0 fully saturated rings. The highest BCUT2D eigenvalue weighted by atomic mass is 32.1. The van der Waals surface area contributed by atoms with Crippen LogP contribution in [-0.4, -0.2) is 46.5 Å². The number of benzene rings is 4. The monoisotopic (exact) mass is 762 g/mol. The third kappa shape index (κ3) is 13.1. The van der Waals surface area contributed by atoms with Gasteiger partial charge in [0.2, 0.25) is 5.91 Å². The predicted octanol–water partition coefficient (Wildman–Crippen LogP) is 7.12. The van der Waals surface area contributed by atoms with Gasteiger partial charge in [0.25, 0.3) is 5.91 Å². The van der Waals surface area contributed by atoms with Crippen LogP contribution >= 0.6 is 11.3 Å². The van der Waals surface area contributed by atoms with Gasteiger partial charge in [-0.2, -0.15) is 0 Å². The molecule has 5 rings (SSSR count). The predicted molar refractivity (Wildman–Crippen MR) is 210 cm³/mol. The SMILES string of the molecule is C[C@H](NC(=O)OC(C)(C)C)c1nc(C(=O)N[C@@H](Cc2ccc(OCc3ccccc3)cc2)C(=O)N[C@@H](Cc2ccccc2)C(=O)OCc2ccccc2)cs1. The van der Waals surface area contributed by atoms with Crippen LogP contribution in [0.5, 0.6) is 5.75 Å². The standard InChI is InChI=1S/C43H46N4O7S/c1-29(44-42(51)54-43(2,3)4)40-47-37(28-55-40)39(49)45-35(24-31-20-22-34(23-21-31)52-26-32-16-10-6-11-17-32)38(48)46-36(25-30-14-8-5-9-15-30)41(50)53-27-33-18-12-7-13-19-33/h5-23,28-29,35-36H,24-27H2,1-4H3,(H,44,51)(H,45,49)(H,46,48)/t29-,35-,36-/m0/s1. The van der Waals surface area contributed by atoms with Gasteiger partial charge in [-0.1, -0.05) is 103 Å². The van der Waals surface area contributed by atoms with Crippen LogP contribution in [0.25, 0.3) is 0 Å². The lowest BCUT2D eigenvalue weighted by Gasteiger charge is -2.23. The van der Waals surface area contributed by atoms with Crippen molar-refractivity contribution in [2.75, 3.05) is 0 Å². The number of aromatic nitrogens is 1. The lowest BCUT2D eigenvalue weighted by atomic mass is 10.0. The van der Waals surface area contributed by atoms with E-state index in [0.717, 1.165) is 22.3 Å². The Bertz CT molecular complexity index is 2000. The van der Waals surface area contributed by atoms with Crippen LogP contribution in [0.2, 0.25) is 0 Å². The van der Waals surface area contributed by atoms with Crippen molar-refractivity contribution >= 4 is 35.2 Å². The molecule has 0 bridgehead atoms. The number of carbonyl (C=O) groups is 4. The van der Waals surface area contributed by atoms with Gasteiger partial charge in [-0.05, 0) is 62.1 Å². The molecule has 0 aliphatic heterocycles. The summed E-state index contributed by atoms with van der Waals surface area (Å²) in [7, 11) is 0. The molecule has 286 valence electrons. The fourth-order valence-electron chi connectivity index (χ4n) is 5.42. The second-order valence-corrected chi connectivity index (χ2v) is 14.8. The highest BCUT2D eigenvalue weighted by Crippen LogP contribution is 2.20. The maximum absolute atomic E-state index is 14.1. The largest absolute Gasteiger partial charge is 0.489 e. The van der Waals surface area contributed by atoms with Crippen molar-refractivity contribution in [1.82, 2.24) is 20.9 Å². The molecule has 3 amide bonds. The van der Waals surface area contributed by atoms with E-state index >= 15 is 0 Å². The Kier molecular flexibility index (Phi) is 14.1. The number of nitrogens with one attached hydrogen (secondary N) is 3. The van der Waals surface area contributed by atoms with Gasteiger partial charge in [0.05, 0.1) is 6.04 Å². The molecule has 5 aromatic rings. The molecule has 0 unspecified atom stereocenters. The lowest BCUT2D eigenvalue weighted by Crippen LogP contribution is -2.53. The molecule has 0 radical (unpaired) electrons. The molecule has 0 spiro atoms. The van der Waals surface area contributed by atoms with Gasteiger partial charge in [0, 0.05) is 18.2 Å². The van der Waals surface area contributed by atoms with Crippen LogP contribution in [0, 0.1) is 0 Å². The average Bonchev–Trinajstić information content (AvgIpc) is 3.68. The van der Waals surface area contributed by atoms with E-state index in [0.29, 0.717) is 17.4 Å². The van der Waals surface area contributed by atoms with E-state index in [-0.39, 0.29) is 25.1 Å². The number of rotatable bonds is 16. The third-order valence-electron chi connectivity index (χ3n) is 8.20. The van der Waals surface area contributed by atoms with E-state index in [2.05, 4.69) is 20.9 Å². The lowest BCUT2D eigenvalue weighted by molar-refractivity contribution is -0.149. The molecule has 0 saturated heterocycles. The first kappa shape index (κ1) is 40.2. The second-order valence-electron chi connectivity index (χ2n) is 13.9. The summed E-state index contributed by atoms with van der Waals surface area (Å²) in [5.41, 5.74) is 2.79. The van der Waals surface area contributed by atoms with Crippen molar-refractivity contribution < 1.29 is 33.4 Å². The molecule has 0 aliphatic carbocycles. The molecule has 0 aliphatic rings. The molecule has 4 aromatic carbocycles. The number of thiazole rings is 1. The quantitative estimate of drug-likeness (QED) is 0.0902. The number of esters is 1. The summed E-state index contributed by atoms with van der Waals surface area (Å²) in [4.78, 5) is 58.1. The van der Waals surface area contributed by atoms with Gasteiger partial charge in [-0.15, -0.1) is 11.3 Å². The molecule has 3 atom stereocenters. The first-order valence-corrected chi connectivity index (χ1v) is 18.9. The first-order valence-electron chi connectivity index (χ1n) is 18.0. The zero-order valence-corrected chi connectivity index (χ0v) is 32.1. The molecular weight excluding hydrogens is 717 g/mol. The molecular formula is C43H46N4O7S. The van der Waals surface area contributed by atoms with E-state index in [1.165, 1.54) is 11.3 Å². The van der Waals surface area contributed by atoms with Gasteiger partial charge in [0.15, 0.2) is 0 Å². The van der Waals surface area contributed by atoms with Crippen molar-refractivity contribution in [3.05, 3.63) is 154 Å². The van der Waals surface area contributed by atoms with Gasteiger partial charge in [-0.3, -0.25) is 9.59 Å². The zero-order chi connectivity index (χ0) is 39.2. The minimum absolute atomic E-state index is 0.0348. The van der Waals surface area contributed by atoms with Crippen LogP contribution in [0.1, 0.15) is 71.5 Å². The Balaban J connectivity index is 1.33. The van der Waals surface area contributed by atoms with Crippen molar-refractivity contribution in [3.8, 4) is 5.75 Å². The number of nitrogens with zero attached hydrogens (tertiary/aromatic N) is 1. The summed E-state index contributed by atoms with van der Waals surface area (Å²) in [5.74, 6) is -1.14. The highest BCUT2D eigenvalue weighted by molar-refractivity contribution is 7.09. The highest BCUT2D eigenvalue weighted by Gasteiger charge is 2.30. The number of hydrogen-bond donors (Lipinski definition) is 3. The normalized spacial score (nSPS) is 12.7. The number of ether oxygens (including phenoxy) is 3. The topological polar surface area (TPSA) is 145 Å². The van der Waals surface area contributed by atoms with E-state index in [1.807, 2.05) is 103 Å². The maximum Gasteiger partial charge on any atom is 0.408 e. The Morgan fingerprint density at radius 2 is 1.22 bits per heavy atom. The molecule has 0 saturated carbocycles. The summed E-state index contributed by atoms with van der Waals surface area (Å²) in [5, 5.41) is 10.5. The van der Waals surface area contributed by atoms with E-state index < -0.39 is 47.6 Å². The van der Waals surface area contributed by atoms with Gasteiger partial charge >= 0.3 is 12.1 Å². The minimum Gasteiger partial charge on any atom is -0.489 e. The van der Waals surface area contributed by atoms with Gasteiger partial charge in [-0.25, -0.2) is 14.6 Å². The first-order chi connectivity index (χ1) is 26.4. The Morgan fingerprint density at radius 3 is 1.82 bits per heavy atom. The van der Waals surface area contributed by atoms with Crippen LogP contribution in [-0.2, 0) is 45.1 Å². The summed E-state index contributed by atoms with van der Waals surface area (Å²) >= 11 is 1.19. The van der Waals surface area contributed by atoms with Crippen molar-refractivity contribution in [2.24, 2.45) is 0 Å². The number of carbonyl (C=O) groups excluding carboxylic acids is 4. The molecule has 12 heteroatoms.